The summed E-state index contributed by atoms with van der Waals surface area (Å²) in [5, 5.41) is 8.22. The molecule has 1 saturated heterocycles. The van der Waals surface area contributed by atoms with E-state index in [2.05, 4.69) is 23.9 Å². The predicted octanol–water partition coefficient (Wildman–Crippen LogP) is 1.79. The van der Waals surface area contributed by atoms with Crippen LogP contribution in [-0.4, -0.2) is 48.9 Å². The Labute approximate surface area is 92.9 Å². The Bertz CT molecular complexity index is 231. The van der Waals surface area contributed by atoms with Crippen molar-refractivity contribution in [2.45, 2.75) is 38.1 Å². The number of amidine groups is 1. The molecule has 86 valence electrons. The van der Waals surface area contributed by atoms with Crippen LogP contribution in [0.25, 0.3) is 0 Å². The lowest BCUT2D eigenvalue weighted by Crippen LogP contribution is -2.36. The van der Waals surface area contributed by atoms with Gasteiger partial charge in [0.05, 0.1) is 5.84 Å². The first kappa shape index (κ1) is 10.9. The van der Waals surface area contributed by atoms with Gasteiger partial charge in [-0.2, -0.15) is 0 Å². The van der Waals surface area contributed by atoms with Gasteiger partial charge in [-0.25, -0.2) is 0 Å². The zero-order valence-electron chi connectivity index (χ0n) is 10.00. The van der Waals surface area contributed by atoms with E-state index in [1.165, 1.54) is 32.1 Å². The van der Waals surface area contributed by atoms with Crippen molar-refractivity contribution in [3.8, 4) is 0 Å². The zero-order chi connectivity index (χ0) is 10.8. The quantitative estimate of drug-likeness (QED) is 0.555. The summed E-state index contributed by atoms with van der Waals surface area (Å²) in [6, 6.07) is 0.659. The van der Waals surface area contributed by atoms with Gasteiger partial charge in [-0.05, 0) is 33.4 Å². The first-order valence-electron chi connectivity index (χ1n) is 6.18. The van der Waals surface area contributed by atoms with Crippen molar-refractivity contribution in [3.05, 3.63) is 0 Å². The fourth-order valence-corrected chi connectivity index (χ4v) is 2.84. The summed E-state index contributed by atoms with van der Waals surface area (Å²) in [7, 11) is 4.29. The van der Waals surface area contributed by atoms with Gasteiger partial charge in [0.15, 0.2) is 0 Å². The molecule has 3 nitrogen and oxygen atoms in total. The summed E-state index contributed by atoms with van der Waals surface area (Å²) < 4.78 is 0. The second kappa shape index (κ2) is 4.52. The van der Waals surface area contributed by atoms with Gasteiger partial charge >= 0.3 is 0 Å². The minimum absolute atomic E-state index is 0.575. The van der Waals surface area contributed by atoms with Crippen LogP contribution >= 0.6 is 0 Å². The fraction of sp³-hybridized carbons (Fsp3) is 0.917. The Kier molecular flexibility index (Phi) is 3.29. The molecule has 0 amide bonds. The lowest BCUT2D eigenvalue weighted by atomic mass is 10.1. The minimum Gasteiger partial charge on any atom is -0.359 e. The van der Waals surface area contributed by atoms with Crippen LogP contribution in [0.5, 0.6) is 0 Å². The van der Waals surface area contributed by atoms with Crippen molar-refractivity contribution in [2.75, 3.05) is 27.2 Å². The molecule has 0 spiro atoms. The van der Waals surface area contributed by atoms with Crippen LogP contribution in [0.3, 0.4) is 0 Å². The molecule has 0 aromatic heterocycles. The van der Waals surface area contributed by atoms with Gasteiger partial charge in [0.25, 0.3) is 0 Å². The highest BCUT2D eigenvalue weighted by molar-refractivity contribution is 5.82. The van der Waals surface area contributed by atoms with Gasteiger partial charge in [-0.1, -0.05) is 12.8 Å². The van der Waals surface area contributed by atoms with E-state index >= 15 is 0 Å². The van der Waals surface area contributed by atoms with Gasteiger partial charge in [0.2, 0.25) is 0 Å². The van der Waals surface area contributed by atoms with Crippen molar-refractivity contribution in [1.29, 1.82) is 5.41 Å². The van der Waals surface area contributed by atoms with Gasteiger partial charge in [-0.15, -0.1) is 0 Å². The summed E-state index contributed by atoms with van der Waals surface area (Å²) >= 11 is 0. The van der Waals surface area contributed by atoms with Crippen LogP contribution in [0.4, 0.5) is 0 Å². The summed E-state index contributed by atoms with van der Waals surface area (Å²) in [5.74, 6) is 1.50. The smallest absolute Gasteiger partial charge is 0.0990 e. The van der Waals surface area contributed by atoms with Gasteiger partial charge in [0.1, 0.15) is 0 Å². The average molecular weight is 209 g/mol. The minimum atomic E-state index is 0.575. The molecular formula is C12H23N3. The lowest BCUT2D eigenvalue weighted by molar-refractivity contribution is 0.298. The fourth-order valence-electron chi connectivity index (χ4n) is 2.84. The number of hydrogen-bond donors (Lipinski definition) is 1. The molecule has 1 aliphatic heterocycles. The highest BCUT2D eigenvalue weighted by atomic mass is 15.3. The molecule has 1 heterocycles. The number of likely N-dealkylation sites (N-methyl/N-ethyl adjacent to an activating group) is 1. The van der Waals surface area contributed by atoms with E-state index in [0.29, 0.717) is 12.0 Å². The second-order valence-corrected chi connectivity index (χ2v) is 5.22. The molecule has 2 aliphatic rings. The Morgan fingerprint density at radius 3 is 2.40 bits per heavy atom. The summed E-state index contributed by atoms with van der Waals surface area (Å²) in [6.07, 6.45) is 6.39. The first-order chi connectivity index (χ1) is 7.18. The van der Waals surface area contributed by atoms with E-state index in [-0.39, 0.29) is 0 Å². The van der Waals surface area contributed by atoms with E-state index in [1.54, 1.807) is 0 Å². The molecule has 0 aromatic rings. The molecule has 0 bridgehead atoms. The standard InChI is InChI=1S/C12H23N3/c1-14(2)11-7-8-15(9-11)12(13)10-5-3-4-6-10/h10-11,13H,3-9H2,1-2H3. The van der Waals surface area contributed by atoms with Crippen LogP contribution in [0.1, 0.15) is 32.1 Å². The lowest BCUT2D eigenvalue weighted by Gasteiger charge is -2.25. The van der Waals surface area contributed by atoms with Gasteiger partial charge in [0, 0.05) is 25.0 Å². The molecule has 1 N–H and O–H groups in total. The van der Waals surface area contributed by atoms with E-state index in [4.69, 9.17) is 5.41 Å². The van der Waals surface area contributed by atoms with Crippen molar-refractivity contribution in [3.63, 3.8) is 0 Å². The van der Waals surface area contributed by atoms with Gasteiger partial charge in [-0.3, -0.25) is 5.41 Å². The molecule has 1 unspecified atom stereocenters. The summed E-state index contributed by atoms with van der Waals surface area (Å²) in [4.78, 5) is 4.60. The molecule has 1 aliphatic carbocycles. The van der Waals surface area contributed by atoms with Crippen molar-refractivity contribution in [1.82, 2.24) is 9.80 Å². The zero-order valence-corrected chi connectivity index (χ0v) is 10.00. The molecule has 0 aromatic carbocycles. The summed E-state index contributed by atoms with van der Waals surface area (Å²) in [6.45, 7) is 2.17. The number of hydrogen-bond acceptors (Lipinski definition) is 2. The van der Waals surface area contributed by atoms with E-state index in [0.717, 1.165) is 18.9 Å². The monoisotopic (exact) mass is 209 g/mol. The second-order valence-electron chi connectivity index (χ2n) is 5.22. The normalized spacial score (nSPS) is 27.9. The Morgan fingerprint density at radius 2 is 1.87 bits per heavy atom. The molecule has 3 heteroatoms. The van der Waals surface area contributed by atoms with Crippen molar-refractivity contribution < 1.29 is 0 Å². The molecule has 2 fully saturated rings. The van der Waals surface area contributed by atoms with Crippen LogP contribution < -0.4 is 0 Å². The Hall–Kier alpha value is -0.570. The number of rotatable bonds is 2. The molecule has 15 heavy (non-hydrogen) atoms. The number of likely N-dealkylation sites (tertiary alicyclic amines) is 1. The molecule has 2 rings (SSSR count). The average Bonchev–Trinajstić information content (AvgIpc) is 2.88. The van der Waals surface area contributed by atoms with Crippen LogP contribution in [-0.2, 0) is 0 Å². The van der Waals surface area contributed by atoms with Crippen molar-refractivity contribution >= 4 is 5.84 Å². The van der Waals surface area contributed by atoms with E-state index in [9.17, 15) is 0 Å². The third-order valence-electron chi connectivity index (χ3n) is 3.98. The van der Waals surface area contributed by atoms with Crippen molar-refractivity contribution in [2.24, 2.45) is 5.92 Å². The van der Waals surface area contributed by atoms with Crippen LogP contribution in [0, 0.1) is 11.3 Å². The van der Waals surface area contributed by atoms with Crippen LogP contribution in [0.2, 0.25) is 0 Å². The topological polar surface area (TPSA) is 30.3 Å². The molecule has 0 radical (unpaired) electrons. The molecular weight excluding hydrogens is 186 g/mol. The number of nitrogens with one attached hydrogen (secondary N) is 1. The van der Waals surface area contributed by atoms with Gasteiger partial charge < -0.3 is 9.80 Å². The first-order valence-corrected chi connectivity index (χ1v) is 6.18. The maximum absolute atomic E-state index is 8.22. The highest BCUT2D eigenvalue weighted by Crippen LogP contribution is 2.28. The molecule has 1 saturated carbocycles. The summed E-state index contributed by atoms with van der Waals surface area (Å²) in [5.41, 5.74) is 0. The third-order valence-corrected chi connectivity index (χ3v) is 3.98. The van der Waals surface area contributed by atoms with Crippen LogP contribution in [0.15, 0.2) is 0 Å². The highest BCUT2D eigenvalue weighted by Gasteiger charge is 2.30. The molecule has 1 atom stereocenters. The Balaban J connectivity index is 1.87. The van der Waals surface area contributed by atoms with E-state index in [1.807, 2.05) is 0 Å². The maximum atomic E-state index is 8.22. The third kappa shape index (κ3) is 2.33. The predicted molar refractivity (Wildman–Crippen MR) is 63.3 cm³/mol. The Morgan fingerprint density at radius 1 is 1.20 bits per heavy atom. The SMILES string of the molecule is CN(C)C1CCN(C(=N)C2CCCC2)C1. The largest absolute Gasteiger partial charge is 0.359 e. The number of nitrogens with zero attached hydrogens (tertiary/aromatic N) is 2. The van der Waals surface area contributed by atoms with E-state index < -0.39 is 0 Å². The maximum Gasteiger partial charge on any atom is 0.0990 e.